The number of allylic oxidation sites excluding steroid dienone is 1. The van der Waals surface area contributed by atoms with Crippen LogP contribution in [0.3, 0.4) is 0 Å². The molecule has 0 bridgehead atoms. The molecular formula is C13H15N3O6. The van der Waals surface area contributed by atoms with Gasteiger partial charge in [0.2, 0.25) is 0 Å². The molecule has 0 saturated carbocycles. The molecular weight excluding hydrogens is 294 g/mol. The van der Waals surface area contributed by atoms with Gasteiger partial charge in [-0.2, -0.15) is 5.26 Å². The first-order valence-electron chi connectivity index (χ1n) is 6.41. The molecule has 2 rings (SSSR count). The minimum absolute atomic E-state index is 0.273. The van der Waals surface area contributed by atoms with Gasteiger partial charge in [-0.3, -0.25) is 14.3 Å². The maximum absolute atomic E-state index is 11.9. The van der Waals surface area contributed by atoms with E-state index >= 15 is 0 Å². The summed E-state index contributed by atoms with van der Waals surface area (Å²) < 4.78 is 6.07. The second kappa shape index (κ2) is 5.76. The third-order valence-corrected chi connectivity index (χ3v) is 3.37. The van der Waals surface area contributed by atoms with Crippen LogP contribution in [0.2, 0.25) is 0 Å². The predicted molar refractivity (Wildman–Crippen MR) is 73.0 cm³/mol. The van der Waals surface area contributed by atoms with E-state index in [2.05, 4.69) is 0 Å². The molecule has 1 aliphatic rings. The van der Waals surface area contributed by atoms with Crippen LogP contribution in [0.15, 0.2) is 27.0 Å². The first-order chi connectivity index (χ1) is 10.3. The second-order valence-corrected chi connectivity index (χ2v) is 5.12. The normalized spacial score (nSPS) is 27.4. The Morgan fingerprint density at radius 3 is 2.55 bits per heavy atom. The van der Waals surface area contributed by atoms with Crippen LogP contribution < -0.4 is 11.2 Å². The summed E-state index contributed by atoms with van der Waals surface area (Å²) in [6.07, 6.45) is -5.72. The molecule has 1 fully saturated rings. The molecule has 9 nitrogen and oxygen atoms in total. The Morgan fingerprint density at radius 1 is 1.36 bits per heavy atom. The van der Waals surface area contributed by atoms with Gasteiger partial charge in [-0.25, -0.2) is 4.79 Å². The number of rotatable bonds is 2. The van der Waals surface area contributed by atoms with Gasteiger partial charge >= 0.3 is 5.69 Å². The van der Waals surface area contributed by atoms with E-state index in [1.54, 1.807) is 19.9 Å². The van der Waals surface area contributed by atoms with Gasteiger partial charge in [0.05, 0.1) is 0 Å². The third kappa shape index (κ3) is 2.55. The van der Waals surface area contributed by atoms with Crippen LogP contribution in [-0.2, 0) is 4.74 Å². The molecule has 4 atom stereocenters. The summed E-state index contributed by atoms with van der Waals surface area (Å²) in [6.45, 7) is 3.16. The van der Waals surface area contributed by atoms with Crippen molar-refractivity contribution in [2.24, 2.45) is 0 Å². The summed E-state index contributed by atoms with van der Waals surface area (Å²) >= 11 is 0. The highest BCUT2D eigenvalue weighted by Gasteiger charge is 2.46. The number of nitrogens with zero attached hydrogens (tertiary/aromatic N) is 2. The van der Waals surface area contributed by atoms with E-state index in [0.717, 1.165) is 10.6 Å². The first kappa shape index (κ1) is 16.0. The van der Waals surface area contributed by atoms with Crippen LogP contribution in [0, 0.1) is 11.3 Å². The average Bonchev–Trinajstić information content (AvgIpc) is 2.73. The molecule has 1 saturated heterocycles. The number of hydrogen-bond acceptors (Lipinski definition) is 7. The van der Waals surface area contributed by atoms with E-state index in [0.29, 0.717) is 5.57 Å². The van der Waals surface area contributed by atoms with E-state index in [1.165, 1.54) is 0 Å². The zero-order valence-electron chi connectivity index (χ0n) is 11.8. The molecule has 0 spiro atoms. The quantitative estimate of drug-likeness (QED) is 0.505. The molecule has 0 unspecified atom stereocenters. The lowest BCUT2D eigenvalue weighted by molar-refractivity contribution is -0.0398. The van der Waals surface area contributed by atoms with Gasteiger partial charge in [-0.1, -0.05) is 0 Å². The van der Waals surface area contributed by atoms with Gasteiger partial charge in [0.25, 0.3) is 5.56 Å². The summed E-state index contributed by atoms with van der Waals surface area (Å²) in [5.41, 5.74) is -1.60. The van der Waals surface area contributed by atoms with E-state index in [1.807, 2.05) is 4.98 Å². The van der Waals surface area contributed by atoms with Crippen LogP contribution >= 0.6 is 0 Å². The van der Waals surface area contributed by atoms with Gasteiger partial charge < -0.3 is 20.1 Å². The minimum Gasteiger partial charge on any atom is -0.510 e. The lowest BCUT2D eigenvalue weighted by Gasteiger charge is -2.18. The SMILES string of the molecule is CC(C)=C(O)[C@H]1O[C@@H](n2c(C#N)cc(=O)[nH]c2=O)[C@H](O)[C@@H]1O. The Kier molecular flexibility index (Phi) is 4.18. The number of aliphatic hydroxyl groups excluding tert-OH is 3. The molecule has 4 N–H and O–H groups in total. The van der Waals surface area contributed by atoms with Gasteiger partial charge in [-0.05, 0) is 19.4 Å². The van der Waals surface area contributed by atoms with E-state index in [9.17, 15) is 24.9 Å². The molecule has 1 aliphatic heterocycles. The second-order valence-electron chi connectivity index (χ2n) is 5.12. The summed E-state index contributed by atoms with van der Waals surface area (Å²) in [4.78, 5) is 25.0. The number of ether oxygens (including phenoxy) is 1. The fourth-order valence-electron chi connectivity index (χ4n) is 2.23. The third-order valence-electron chi connectivity index (χ3n) is 3.37. The van der Waals surface area contributed by atoms with Crippen molar-refractivity contribution >= 4 is 0 Å². The highest BCUT2D eigenvalue weighted by atomic mass is 16.6. The summed E-state index contributed by atoms with van der Waals surface area (Å²) in [5.74, 6) is -0.273. The van der Waals surface area contributed by atoms with Crippen molar-refractivity contribution in [1.29, 1.82) is 5.26 Å². The lowest BCUT2D eigenvalue weighted by Crippen LogP contribution is -2.39. The van der Waals surface area contributed by atoms with Crippen LogP contribution in [0.5, 0.6) is 0 Å². The highest BCUT2D eigenvalue weighted by molar-refractivity contribution is 5.21. The Balaban J connectivity index is 2.53. The van der Waals surface area contributed by atoms with Gasteiger partial charge in [-0.15, -0.1) is 0 Å². The predicted octanol–water partition coefficient (Wildman–Crippen LogP) is -1.12. The summed E-state index contributed by atoms with van der Waals surface area (Å²) in [5, 5.41) is 38.9. The van der Waals surface area contributed by atoms with Crippen LogP contribution in [-0.4, -0.2) is 43.2 Å². The molecule has 9 heteroatoms. The zero-order chi connectivity index (χ0) is 16.6. The molecule has 1 aromatic heterocycles. The standard InChI is InChI=1S/C13H15N3O6/c1-5(2)8(18)11-9(19)10(20)12(22-11)16-6(4-14)3-7(17)15-13(16)21/h3,9-12,18-20H,1-2H3,(H,15,17,21)/t9-,10+,11+,12+/m0/s1. The van der Waals surface area contributed by atoms with Crippen LogP contribution in [0.1, 0.15) is 25.8 Å². The number of aliphatic hydroxyl groups is 3. The average molecular weight is 309 g/mol. The van der Waals surface area contributed by atoms with Crippen molar-refractivity contribution in [3.8, 4) is 6.07 Å². The van der Waals surface area contributed by atoms with E-state index < -0.39 is 35.8 Å². The van der Waals surface area contributed by atoms with Crippen LogP contribution in [0.4, 0.5) is 0 Å². The smallest absolute Gasteiger partial charge is 0.331 e. The number of nitriles is 1. The number of hydrogen-bond donors (Lipinski definition) is 4. The largest absolute Gasteiger partial charge is 0.510 e. The maximum Gasteiger partial charge on any atom is 0.331 e. The monoisotopic (exact) mass is 309 g/mol. The molecule has 2 heterocycles. The molecule has 0 aliphatic carbocycles. The minimum atomic E-state index is -1.57. The van der Waals surface area contributed by atoms with Crippen molar-refractivity contribution < 1.29 is 20.1 Å². The van der Waals surface area contributed by atoms with Crippen molar-refractivity contribution in [3.05, 3.63) is 43.9 Å². The number of aromatic nitrogens is 2. The molecule has 0 aromatic carbocycles. The fraction of sp³-hybridized carbons (Fsp3) is 0.462. The maximum atomic E-state index is 11.9. The summed E-state index contributed by atoms with van der Waals surface area (Å²) in [6, 6.07) is 2.53. The highest BCUT2D eigenvalue weighted by Crippen LogP contribution is 2.32. The van der Waals surface area contributed by atoms with Crippen molar-refractivity contribution in [2.75, 3.05) is 0 Å². The lowest BCUT2D eigenvalue weighted by atomic mass is 10.1. The van der Waals surface area contributed by atoms with Crippen molar-refractivity contribution in [1.82, 2.24) is 9.55 Å². The van der Waals surface area contributed by atoms with E-state index in [4.69, 9.17) is 10.00 Å². The molecule has 0 amide bonds. The van der Waals surface area contributed by atoms with Gasteiger partial charge in [0, 0.05) is 6.07 Å². The Labute approximate surface area is 124 Å². The van der Waals surface area contributed by atoms with Gasteiger partial charge in [0.1, 0.15) is 35.8 Å². The molecule has 0 radical (unpaired) electrons. The van der Waals surface area contributed by atoms with E-state index in [-0.39, 0.29) is 11.5 Å². The topological polar surface area (TPSA) is 149 Å². The fourth-order valence-corrected chi connectivity index (χ4v) is 2.23. The molecule has 22 heavy (non-hydrogen) atoms. The number of H-pyrrole nitrogens is 1. The molecule has 118 valence electrons. The Hall–Kier alpha value is -2.41. The van der Waals surface area contributed by atoms with Crippen molar-refractivity contribution in [3.63, 3.8) is 0 Å². The summed E-state index contributed by atoms with van der Waals surface area (Å²) in [7, 11) is 0. The van der Waals surface area contributed by atoms with Gasteiger partial charge in [0.15, 0.2) is 6.23 Å². The zero-order valence-corrected chi connectivity index (χ0v) is 11.8. The van der Waals surface area contributed by atoms with Crippen LogP contribution in [0.25, 0.3) is 0 Å². The Bertz CT molecular complexity index is 767. The number of nitrogens with one attached hydrogen (secondary N) is 1. The first-order valence-corrected chi connectivity index (χ1v) is 6.41. The number of aromatic amines is 1. The van der Waals surface area contributed by atoms with Crippen molar-refractivity contribution in [2.45, 2.75) is 38.4 Å². The molecule has 1 aromatic rings. The Morgan fingerprint density at radius 2 is 2.00 bits per heavy atom.